The fourth-order valence-corrected chi connectivity index (χ4v) is 87.9. The molecule has 0 amide bonds. The molecular formula is C10H31CoIOP3. The van der Waals surface area contributed by atoms with E-state index >= 15 is 0 Å². The molecule has 0 spiro atoms. The van der Waals surface area contributed by atoms with E-state index in [2.05, 4.69) is 80.4 Å². The van der Waals surface area contributed by atoms with Crippen molar-refractivity contribution in [3.8, 4) is 0 Å². The van der Waals surface area contributed by atoms with Crippen molar-refractivity contribution in [2.75, 3.05) is 60.0 Å². The summed E-state index contributed by atoms with van der Waals surface area (Å²) < 4.78 is 0. The van der Waals surface area contributed by atoms with E-state index < -0.39 is 25.0 Å². The molecule has 0 bridgehead atoms. The fourth-order valence-electron chi connectivity index (χ4n) is 2.60. The van der Waals surface area contributed by atoms with E-state index in [9.17, 15) is 4.79 Å². The Balaban J connectivity index is 6.43. The molecule has 108 valence electrons. The fraction of sp³-hybridized carbons (Fsp3) is 0.900. The molecule has 0 rings (SSSR count). The van der Waals surface area contributed by atoms with Crippen LogP contribution >= 0.6 is 38.4 Å². The summed E-state index contributed by atoms with van der Waals surface area (Å²) in [5, 5.41) is 1.51. The van der Waals surface area contributed by atoms with E-state index in [-0.39, 0.29) is 0 Å². The molecule has 0 radical (unpaired) electrons. The number of halogens is 1. The van der Waals surface area contributed by atoms with Crippen molar-refractivity contribution in [2.45, 2.75) is 0 Å². The third-order valence-corrected chi connectivity index (χ3v) is 116. The van der Waals surface area contributed by atoms with Crippen molar-refractivity contribution in [2.24, 2.45) is 0 Å². The van der Waals surface area contributed by atoms with Gasteiger partial charge >= 0.3 is 115 Å². The van der Waals surface area contributed by atoms with Gasteiger partial charge in [-0.2, -0.15) is 0 Å². The third-order valence-electron chi connectivity index (χ3n) is 3.08. The minimum absolute atomic E-state index is 1.46. The van der Waals surface area contributed by atoms with Gasteiger partial charge in [-0.15, -0.1) is 0 Å². The Bertz CT molecular complexity index is 260. The molecule has 0 aliphatic rings. The Morgan fingerprint density at radius 2 is 0.938 bits per heavy atom. The van der Waals surface area contributed by atoms with Gasteiger partial charge in [0, 0.05) is 0 Å². The van der Waals surface area contributed by atoms with Crippen LogP contribution in [0.2, 0.25) is 0 Å². The molecule has 16 heavy (non-hydrogen) atoms. The normalized spacial score (nSPS) is 20.8. The van der Waals surface area contributed by atoms with Crippen LogP contribution in [-0.2, 0) is 11.8 Å². The number of hydrogen-bond donors (Lipinski definition) is 0. The van der Waals surface area contributed by atoms with Crippen molar-refractivity contribution in [1.29, 1.82) is 0 Å². The van der Waals surface area contributed by atoms with Crippen LogP contribution in [0.1, 0.15) is 0 Å². The quantitative estimate of drug-likeness (QED) is 0.364. The summed E-state index contributed by atoms with van der Waals surface area (Å²) in [7, 11) is -2.14. The molecule has 0 saturated carbocycles. The molecule has 0 aromatic heterocycles. The molecule has 0 aromatic carbocycles. The van der Waals surface area contributed by atoms with Gasteiger partial charge in [0.15, 0.2) is 0 Å². The number of carbonyl (C=O) groups is 1. The summed E-state index contributed by atoms with van der Waals surface area (Å²) in [4.78, 5) is 12.2. The third kappa shape index (κ3) is 2.10. The molecule has 1 nitrogen and oxygen atoms in total. The molecule has 0 saturated heterocycles. The van der Waals surface area contributed by atoms with Crippen LogP contribution in [0.5, 0.6) is 0 Å². The van der Waals surface area contributed by atoms with Gasteiger partial charge in [-0.1, -0.05) is 0 Å². The first-order chi connectivity index (χ1) is 6.64. The number of hydrogen-bond acceptors (Lipinski definition) is 1. The average molecular weight is 446 g/mol. The Labute approximate surface area is 115 Å². The van der Waals surface area contributed by atoms with Crippen molar-refractivity contribution in [3.63, 3.8) is 0 Å². The van der Waals surface area contributed by atoms with Gasteiger partial charge in [-0.05, 0) is 0 Å². The predicted octanol–water partition coefficient (Wildman–Crippen LogP) is 3.88. The molecular weight excluding hydrogens is 415 g/mol. The first-order valence-electron chi connectivity index (χ1n) is 5.55. The number of rotatable bonds is 4. The molecule has 6 heteroatoms. The second kappa shape index (κ2) is 4.64. The zero-order valence-corrected chi connectivity index (χ0v) is 18.4. The second-order valence-corrected chi connectivity index (χ2v) is 62.9. The first-order valence-corrected chi connectivity index (χ1v) is 24.2. The molecule has 0 aliphatic carbocycles. The SMILES string of the molecule is C[PH](C)(C)[Co]([I])([CH]=O)([PH](C)(C)C)[PH](C)(C)C. The number of carbonyl (C=O) groups excluding carboxylic acids is 1. The Morgan fingerprint density at radius 3 is 0.938 bits per heavy atom. The van der Waals surface area contributed by atoms with Crippen LogP contribution in [0.3, 0.4) is 0 Å². The van der Waals surface area contributed by atoms with Crippen molar-refractivity contribution in [3.05, 3.63) is 0 Å². The summed E-state index contributed by atoms with van der Waals surface area (Å²) in [6.45, 7) is 21.9. The molecule has 0 aromatic rings. The Morgan fingerprint density at radius 1 is 0.750 bits per heavy atom. The van der Waals surface area contributed by atoms with Gasteiger partial charge in [0.2, 0.25) is 0 Å². The molecule has 0 heterocycles. The predicted molar refractivity (Wildman–Crippen MR) is 99.0 cm³/mol. The van der Waals surface area contributed by atoms with Gasteiger partial charge < -0.3 is 0 Å². The summed E-state index contributed by atoms with van der Waals surface area (Å²) in [5.74, 6) is -4.38. The topological polar surface area (TPSA) is 17.1 Å². The van der Waals surface area contributed by atoms with Gasteiger partial charge in [-0.3, -0.25) is 0 Å². The minimum atomic E-state index is -2.14. The molecule has 0 N–H and O–H groups in total. The van der Waals surface area contributed by atoms with E-state index in [1.165, 1.54) is 5.22 Å². The van der Waals surface area contributed by atoms with Gasteiger partial charge in [0.25, 0.3) is 0 Å². The van der Waals surface area contributed by atoms with Gasteiger partial charge in [-0.25, -0.2) is 0 Å². The van der Waals surface area contributed by atoms with Crippen LogP contribution in [0.4, 0.5) is 0 Å². The van der Waals surface area contributed by atoms with Crippen LogP contribution in [0, 0.1) is 0 Å². The zero-order valence-electron chi connectivity index (χ0n) is 12.2. The Kier molecular flexibility index (Phi) is 5.27. The molecule has 0 atom stereocenters. The monoisotopic (exact) mass is 446 g/mol. The van der Waals surface area contributed by atoms with E-state index in [1.807, 2.05) is 0 Å². The van der Waals surface area contributed by atoms with Crippen molar-refractivity contribution >= 4 is 43.6 Å². The first kappa shape index (κ1) is 18.2. The Hall–Kier alpha value is 2.20. The molecule has 0 fully saturated rings. The second-order valence-electron chi connectivity index (χ2n) is 6.88. The molecule has 0 aliphatic heterocycles. The van der Waals surface area contributed by atoms with Crippen LogP contribution < -0.4 is 0 Å². The van der Waals surface area contributed by atoms with E-state index in [0.29, 0.717) is 0 Å². The zero-order chi connectivity index (χ0) is 13.7. The average Bonchev–Trinajstić information content (AvgIpc) is 1.95. The van der Waals surface area contributed by atoms with Crippen LogP contribution in [0.15, 0.2) is 0 Å². The van der Waals surface area contributed by atoms with Gasteiger partial charge in [0.1, 0.15) is 0 Å². The van der Waals surface area contributed by atoms with E-state index in [4.69, 9.17) is 0 Å². The summed E-state index contributed by atoms with van der Waals surface area (Å²) in [6.07, 6.45) is 0. The molecule has 0 unspecified atom stereocenters. The summed E-state index contributed by atoms with van der Waals surface area (Å²) in [5.41, 5.74) is 0. The maximum absolute atomic E-state index is 12.2. The standard InChI is InChI=1S/3C3H9P.CHO.Co.HI/c3*1-4(2)3;1-2;;/h3*1-3H3;1H;;1H/q;;;;-2;/p+2. The van der Waals surface area contributed by atoms with Crippen LogP contribution in [-0.4, -0.2) is 65.2 Å². The van der Waals surface area contributed by atoms with Gasteiger partial charge in [0.05, 0.1) is 0 Å². The van der Waals surface area contributed by atoms with E-state index in [0.717, 1.165) is 0 Å². The maximum atomic E-state index is 12.2. The summed E-state index contributed by atoms with van der Waals surface area (Å²) >= 11 is 2.74. The van der Waals surface area contributed by atoms with Crippen molar-refractivity contribution in [1.82, 2.24) is 0 Å². The van der Waals surface area contributed by atoms with E-state index in [1.54, 1.807) is 0 Å². The van der Waals surface area contributed by atoms with Crippen LogP contribution in [0.25, 0.3) is 0 Å². The summed E-state index contributed by atoms with van der Waals surface area (Å²) in [6, 6.07) is 0. The van der Waals surface area contributed by atoms with Crippen molar-refractivity contribution < 1.29 is 11.8 Å².